The van der Waals surface area contributed by atoms with E-state index in [1.807, 2.05) is 19.9 Å². The van der Waals surface area contributed by atoms with Crippen LogP contribution in [0.25, 0.3) is 0 Å². The van der Waals surface area contributed by atoms with Gasteiger partial charge in [-0.2, -0.15) is 0 Å². The van der Waals surface area contributed by atoms with Gasteiger partial charge in [-0.25, -0.2) is 0 Å². The van der Waals surface area contributed by atoms with E-state index in [2.05, 4.69) is 47.7 Å². The van der Waals surface area contributed by atoms with Crippen LogP contribution >= 0.6 is 15.9 Å². The molecule has 0 aliphatic heterocycles. The highest BCUT2D eigenvalue weighted by molar-refractivity contribution is 9.10. The Bertz CT molecular complexity index is 472. The fourth-order valence-electron chi connectivity index (χ4n) is 1.78. The van der Waals surface area contributed by atoms with E-state index >= 15 is 0 Å². The highest BCUT2D eigenvalue weighted by Crippen LogP contribution is 2.37. The first kappa shape index (κ1) is 18.1. The summed E-state index contributed by atoms with van der Waals surface area (Å²) in [4.78, 5) is 0. The molecule has 0 saturated heterocycles. The second-order valence-corrected chi connectivity index (χ2v) is 6.28. The second-order valence-electron chi connectivity index (χ2n) is 5.43. The van der Waals surface area contributed by atoms with Crippen LogP contribution in [0.4, 0.5) is 0 Å². The summed E-state index contributed by atoms with van der Waals surface area (Å²) in [6.45, 7) is 14.2. The zero-order chi connectivity index (χ0) is 15.8. The summed E-state index contributed by atoms with van der Waals surface area (Å²) in [5.41, 5.74) is 2.29. The van der Waals surface area contributed by atoms with E-state index in [4.69, 9.17) is 9.47 Å². The van der Waals surface area contributed by atoms with Gasteiger partial charge in [0.25, 0.3) is 0 Å². The summed E-state index contributed by atoms with van der Waals surface area (Å²) in [5.74, 6) is 1.56. The zero-order valence-electron chi connectivity index (χ0n) is 13.5. The van der Waals surface area contributed by atoms with Gasteiger partial charge in [0, 0.05) is 19.0 Å². The average molecular weight is 356 g/mol. The highest BCUT2D eigenvalue weighted by Gasteiger charge is 2.12. The predicted molar refractivity (Wildman–Crippen MR) is 92.2 cm³/mol. The number of benzene rings is 1. The van der Waals surface area contributed by atoms with Crippen molar-refractivity contribution in [2.24, 2.45) is 0 Å². The first-order valence-electron chi connectivity index (χ1n) is 7.39. The van der Waals surface area contributed by atoms with E-state index in [0.29, 0.717) is 19.3 Å². The van der Waals surface area contributed by atoms with Crippen LogP contribution in [0.1, 0.15) is 39.7 Å². The fraction of sp³-hybridized carbons (Fsp3) is 0.529. The zero-order valence-corrected chi connectivity index (χ0v) is 15.0. The van der Waals surface area contributed by atoms with Gasteiger partial charge < -0.3 is 14.8 Å². The van der Waals surface area contributed by atoms with E-state index in [-0.39, 0.29) is 0 Å². The maximum absolute atomic E-state index is 5.86. The smallest absolute Gasteiger partial charge is 0.175 e. The lowest BCUT2D eigenvalue weighted by Gasteiger charge is -2.16. The van der Waals surface area contributed by atoms with Crippen molar-refractivity contribution in [3.63, 3.8) is 0 Å². The van der Waals surface area contributed by atoms with Crippen LogP contribution in [0.15, 0.2) is 28.8 Å². The Kier molecular flexibility index (Phi) is 7.83. The molecule has 0 unspecified atom stereocenters. The molecule has 1 rings (SSSR count). The van der Waals surface area contributed by atoms with Crippen molar-refractivity contribution in [3.05, 3.63) is 34.3 Å². The molecular formula is C17H26BrNO2. The third-order valence-electron chi connectivity index (χ3n) is 2.86. The number of hydrogen-bond acceptors (Lipinski definition) is 3. The van der Waals surface area contributed by atoms with Crippen LogP contribution in [0, 0.1) is 0 Å². The quantitative estimate of drug-likeness (QED) is 0.651. The summed E-state index contributed by atoms with van der Waals surface area (Å²) >= 11 is 3.59. The minimum absolute atomic E-state index is 0.450. The van der Waals surface area contributed by atoms with Crippen molar-refractivity contribution in [2.45, 2.75) is 46.7 Å². The molecule has 0 fully saturated rings. The van der Waals surface area contributed by atoms with E-state index < -0.39 is 0 Å². The minimum Gasteiger partial charge on any atom is -0.490 e. The van der Waals surface area contributed by atoms with Crippen LogP contribution in [0.3, 0.4) is 0 Å². The SMILES string of the molecule is C=C(C)CCOc1c(Br)cc(CNC(C)C)cc1OCC. The number of hydrogen-bond donors (Lipinski definition) is 1. The van der Waals surface area contributed by atoms with Gasteiger partial charge in [-0.05, 0) is 47.5 Å². The van der Waals surface area contributed by atoms with Crippen LogP contribution in [-0.2, 0) is 6.54 Å². The van der Waals surface area contributed by atoms with E-state index in [0.717, 1.165) is 34.5 Å². The van der Waals surface area contributed by atoms with Gasteiger partial charge in [0.2, 0.25) is 0 Å². The summed E-state index contributed by atoms with van der Waals surface area (Å²) in [6, 6.07) is 4.57. The van der Waals surface area contributed by atoms with Gasteiger partial charge in [-0.15, -0.1) is 6.58 Å². The van der Waals surface area contributed by atoms with Crippen molar-refractivity contribution in [1.29, 1.82) is 0 Å². The summed E-state index contributed by atoms with van der Waals surface area (Å²) < 4.78 is 12.5. The van der Waals surface area contributed by atoms with Crippen molar-refractivity contribution in [1.82, 2.24) is 5.32 Å². The van der Waals surface area contributed by atoms with Gasteiger partial charge in [0.15, 0.2) is 11.5 Å². The third-order valence-corrected chi connectivity index (χ3v) is 3.45. The largest absolute Gasteiger partial charge is 0.490 e. The maximum atomic E-state index is 5.86. The van der Waals surface area contributed by atoms with Crippen molar-refractivity contribution < 1.29 is 9.47 Å². The Labute approximate surface area is 136 Å². The van der Waals surface area contributed by atoms with Crippen LogP contribution < -0.4 is 14.8 Å². The Morgan fingerprint density at radius 2 is 2.05 bits per heavy atom. The molecule has 0 radical (unpaired) electrons. The number of ether oxygens (including phenoxy) is 2. The Balaban J connectivity index is 2.87. The standard InChI is InChI=1S/C17H26BrNO2/c1-6-20-16-10-14(11-19-13(4)5)9-15(18)17(16)21-8-7-12(2)3/h9-10,13,19H,2,6-8,11H2,1,3-5H3. The van der Waals surface area contributed by atoms with Gasteiger partial charge in [0.1, 0.15) is 0 Å². The van der Waals surface area contributed by atoms with Crippen molar-refractivity contribution >= 4 is 15.9 Å². The van der Waals surface area contributed by atoms with Crippen LogP contribution in [0.2, 0.25) is 0 Å². The summed E-state index contributed by atoms with van der Waals surface area (Å²) in [7, 11) is 0. The molecule has 0 aliphatic rings. The molecular weight excluding hydrogens is 330 g/mol. The monoisotopic (exact) mass is 355 g/mol. The molecule has 0 amide bonds. The number of rotatable bonds is 9. The maximum Gasteiger partial charge on any atom is 0.175 e. The predicted octanol–water partition coefficient (Wildman–Crippen LogP) is 4.69. The van der Waals surface area contributed by atoms with E-state index in [9.17, 15) is 0 Å². The first-order valence-corrected chi connectivity index (χ1v) is 8.19. The average Bonchev–Trinajstić information content (AvgIpc) is 2.39. The molecule has 1 aromatic rings. The van der Waals surface area contributed by atoms with E-state index in [1.54, 1.807) is 0 Å². The molecule has 0 aromatic heterocycles. The molecule has 1 N–H and O–H groups in total. The minimum atomic E-state index is 0.450. The van der Waals surface area contributed by atoms with Crippen LogP contribution in [-0.4, -0.2) is 19.3 Å². The Morgan fingerprint density at radius 3 is 2.62 bits per heavy atom. The fourth-order valence-corrected chi connectivity index (χ4v) is 2.38. The van der Waals surface area contributed by atoms with Gasteiger partial charge in [-0.3, -0.25) is 0 Å². The summed E-state index contributed by atoms with van der Waals surface area (Å²) in [5, 5.41) is 3.41. The molecule has 0 atom stereocenters. The molecule has 1 aromatic carbocycles. The number of halogens is 1. The third kappa shape index (κ3) is 6.53. The topological polar surface area (TPSA) is 30.5 Å². The van der Waals surface area contributed by atoms with Gasteiger partial charge in [-0.1, -0.05) is 19.4 Å². The van der Waals surface area contributed by atoms with Gasteiger partial charge >= 0.3 is 0 Å². The lowest BCUT2D eigenvalue weighted by molar-refractivity contribution is 0.277. The Morgan fingerprint density at radius 1 is 1.33 bits per heavy atom. The molecule has 0 bridgehead atoms. The van der Waals surface area contributed by atoms with E-state index in [1.165, 1.54) is 5.56 Å². The molecule has 118 valence electrons. The van der Waals surface area contributed by atoms with Crippen LogP contribution in [0.5, 0.6) is 11.5 Å². The lowest BCUT2D eigenvalue weighted by Crippen LogP contribution is -2.21. The van der Waals surface area contributed by atoms with Crippen molar-refractivity contribution in [2.75, 3.05) is 13.2 Å². The highest BCUT2D eigenvalue weighted by atomic mass is 79.9. The molecule has 0 aliphatic carbocycles. The number of nitrogens with one attached hydrogen (secondary N) is 1. The normalized spacial score (nSPS) is 10.8. The molecule has 3 nitrogen and oxygen atoms in total. The first-order chi connectivity index (χ1) is 9.93. The lowest BCUT2D eigenvalue weighted by atomic mass is 10.2. The molecule has 4 heteroatoms. The Hall–Kier alpha value is -1.00. The van der Waals surface area contributed by atoms with Gasteiger partial charge in [0.05, 0.1) is 17.7 Å². The molecule has 0 spiro atoms. The summed E-state index contributed by atoms with van der Waals surface area (Å²) in [6.07, 6.45) is 0.842. The second kappa shape index (κ2) is 9.11. The van der Waals surface area contributed by atoms with Crippen molar-refractivity contribution in [3.8, 4) is 11.5 Å². The molecule has 0 saturated carbocycles. The molecule has 21 heavy (non-hydrogen) atoms. The molecule has 0 heterocycles.